The molecule has 106 valence electrons. The lowest BCUT2D eigenvalue weighted by Gasteiger charge is -2.36. The Morgan fingerprint density at radius 3 is 2.63 bits per heavy atom. The van der Waals surface area contributed by atoms with E-state index in [9.17, 15) is 0 Å². The van der Waals surface area contributed by atoms with E-state index < -0.39 is 0 Å². The lowest BCUT2D eigenvalue weighted by atomic mass is 10.2. The minimum absolute atomic E-state index is 0.847. The zero-order valence-electron chi connectivity index (χ0n) is 11.8. The number of piperazine rings is 1. The van der Waals surface area contributed by atoms with Crippen LogP contribution in [0.15, 0.2) is 24.3 Å². The largest absolute Gasteiger partial charge is 0.399 e. The van der Waals surface area contributed by atoms with Crippen molar-refractivity contribution >= 4 is 11.4 Å². The van der Waals surface area contributed by atoms with Gasteiger partial charge in [0.2, 0.25) is 0 Å². The molecule has 0 spiro atoms. The fourth-order valence-corrected chi connectivity index (χ4v) is 2.53. The predicted molar refractivity (Wildman–Crippen MR) is 80.6 cm³/mol. The second-order valence-corrected chi connectivity index (χ2v) is 5.12. The molecule has 1 aliphatic heterocycles. The first-order valence-electron chi connectivity index (χ1n) is 7.11. The summed E-state index contributed by atoms with van der Waals surface area (Å²) in [7, 11) is 1.77. The molecule has 0 amide bonds. The summed E-state index contributed by atoms with van der Waals surface area (Å²) in [5, 5.41) is 0. The van der Waals surface area contributed by atoms with Crippen LogP contribution in [0.3, 0.4) is 0 Å². The van der Waals surface area contributed by atoms with Gasteiger partial charge in [-0.2, -0.15) is 0 Å². The van der Waals surface area contributed by atoms with Gasteiger partial charge in [-0.15, -0.1) is 0 Å². The second kappa shape index (κ2) is 7.36. The topological polar surface area (TPSA) is 41.7 Å². The number of hydrogen-bond acceptors (Lipinski definition) is 4. The van der Waals surface area contributed by atoms with E-state index in [4.69, 9.17) is 10.5 Å². The van der Waals surface area contributed by atoms with Crippen molar-refractivity contribution < 1.29 is 4.74 Å². The van der Waals surface area contributed by atoms with Gasteiger partial charge < -0.3 is 15.4 Å². The van der Waals surface area contributed by atoms with Crippen LogP contribution < -0.4 is 10.6 Å². The Bertz CT molecular complexity index is 375. The van der Waals surface area contributed by atoms with Gasteiger partial charge in [0.1, 0.15) is 0 Å². The Hall–Kier alpha value is -1.26. The molecular weight excluding hydrogens is 238 g/mol. The third kappa shape index (κ3) is 4.40. The third-order valence-corrected chi connectivity index (χ3v) is 3.68. The van der Waals surface area contributed by atoms with Gasteiger partial charge in [0.25, 0.3) is 0 Å². The summed E-state index contributed by atoms with van der Waals surface area (Å²) >= 11 is 0. The van der Waals surface area contributed by atoms with E-state index in [-0.39, 0.29) is 0 Å². The van der Waals surface area contributed by atoms with Crippen LogP contribution in [-0.2, 0) is 4.74 Å². The van der Waals surface area contributed by atoms with E-state index in [1.807, 2.05) is 12.1 Å². The van der Waals surface area contributed by atoms with Crippen LogP contribution in [0.25, 0.3) is 0 Å². The maximum atomic E-state index is 5.84. The highest BCUT2D eigenvalue weighted by Crippen LogP contribution is 2.19. The van der Waals surface area contributed by atoms with Crippen LogP contribution >= 0.6 is 0 Å². The molecule has 1 aromatic rings. The molecule has 19 heavy (non-hydrogen) atoms. The highest BCUT2D eigenvalue weighted by molar-refractivity contribution is 5.56. The van der Waals surface area contributed by atoms with Gasteiger partial charge in [-0.3, -0.25) is 4.90 Å². The molecule has 2 rings (SSSR count). The van der Waals surface area contributed by atoms with Crippen LogP contribution in [0.2, 0.25) is 0 Å². The number of methoxy groups -OCH3 is 1. The van der Waals surface area contributed by atoms with Crippen molar-refractivity contribution in [3.05, 3.63) is 24.3 Å². The van der Waals surface area contributed by atoms with Crippen molar-refractivity contribution in [3.63, 3.8) is 0 Å². The fourth-order valence-electron chi connectivity index (χ4n) is 2.53. The molecular formula is C15H25N3O. The van der Waals surface area contributed by atoms with Crippen molar-refractivity contribution in [2.24, 2.45) is 0 Å². The fraction of sp³-hybridized carbons (Fsp3) is 0.600. The maximum Gasteiger partial charge on any atom is 0.0462 e. The quantitative estimate of drug-likeness (QED) is 0.628. The lowest BCUT2D eigenvalue weighted by Crippen LogP contribution is -2.46. The number of nitrogens with zero attached hydrogens (tertiary/aromatic N) is 2. The number of rotatable bonds is 6. The Kier molecular flexibility index (Phi) is 5.48. The van der Waals surface area contributed by atoms with Gasteiger partial charge >= 0.3 is 0 Å². The summed E-state index contributed by atoms with van der Waals surface area (Å²) in [6.45, 7) is 6.53. The summed E-state index contributed by atoms with van der Waals surface area (Å²) in [6.07, 6.45) is 2.39. The average molecular weight is 263 g/mol. The van der Waals surface area contributed by atoms with Crippen molar-refractivity contribution in [2.45, 2.75) is 12.8 Å². The molecule has 1 aliphatic rings. The van der Waals surface area contributed by atoms with Crippen molar-refractivity contribution in [1.82, 2.24) is 4.90 Å². The predicted octanol–water partition coefficient (Wildman–Crippen LogP) is 1.82. The van der Waals surface area contributed by atoms with E-state index >= 15 is 0 Å². The molecule has 0 saturated carbocycles. The van der Waals surface area contributed by atoms with Gasteiger partial charge in [0.05, 0.1) is 0 Å². The van der Waals surface area contributed by atoms with Crippen LogP contribution in [0.4, 0.5) is 11.4 Å². The molecule has 0 bridgehead atoms. The molecule has 0 radical (unpaired) electrons. The highest BCUT2D eigenvalue weighted by Gasteiger charge is 2.16. The summed E-state index contributed by atoms with van der Waals surface area (Å²) in [6, 6.07) is 8.18. The minimum Gasteiger partial charge on any atom is -0.399 e. The van der Waals surface area contributed by atoms with Crippen molar-refractivity contribution in [2.75, 3.05) is 57.1 Å². The first-order chi connectivity index (χ1) is 9.29. The zero-order valence-corrected chi connectivity index (χ0v) is 11.8. The number of benzene rings is 1. The monoisotopic (exact) mass is 263 g/mol. The van der Waals surface area contributed by atoms with Crippen LogP contribution in [0, 0.1) is 0 Å². The van der Waals surface area contributed by atoms with Gasteiger partial charge in [-0.25, -0.2) is 0 Å². The average Bonchev–Trinajstić information content (AvgIpc) is 2.44. The summed E-state index contributed by atoms with van der Waals surface area (Å²) in [5.74, 6) is 0. The molecule has 0 unspecified atom stereocenters. The van der Waals surface area contributed by atoms with E-state index in [0.29, 0.717) is 0 Å². The Labute approximate surface area is 116 Å². The highest BCUT2D eigenvalue weighted by atomic mass is 16.5. The summed E-state index contributed by atoms with van der Waals surface area (Å²) in [5.41, 5.74) is 7.93. The molecule has 4 heteroatoms. The standard InChI is InChI=1S/C15H25N3O/c1-19-12-3-2-7-17-8-10-18(11-9-17)15-6-4-5-14(16)13-15/h4-6,13H,2-3,7-12,16H2,1H3. The number of nitrogens with two attached hydrogens (primary N) is 1. The normalized spacial score (nSPS) is 16.8. The molecule has 1 heterocycles. The molecule has 0 aliphatic carbocycles. The van der Waals surface area contributed by atoms with E-state index in [1.54, 1.807) is 7.11 Å². The second-order valence-electron chi connectivity index (χ2n) is 5.12. The van der Waals surface area contributed by atoms with Crippen molar-refractivity contribution in [3.8, 4) is 0 Å². The first kappa shape index (κ1) is 14.2. The Morgan fingerprint density at radius 2 is 1.95 bits per heavy atom. The minimum atomic E-state index is 0.847. The Morgan fingerprint density at radius 1 is 1.16 bits per heavy atom. The van der Waals surface area contributed by atoms with E-state index in [1.165, 1.54) is 18.7 Å². The molecule has 2 N–H and O–H groups in total. The molecule has 0 aromatic heterocycles. The van der Waals surface area contributed by atoms with E-state index in [2.05, 4.69) is 21.9 Å². The number of nitrogen functional groups attached to an aromatic ring is 1. The summed E-state index contributed by atoms with van der Waals surface area (Å²) in [4.78, 5) is 4.96. The maximum absolute atomic E-state index is 5.84. The van der Waals surface area contributed by atoms with Gasteiger partial charge in [0.15, 0.2) is 0 Å². The molecule has 1 fully saturated rings. The molecule has 0 atom stereocenters. The SMILES string of the molecule is COCCCCN1CCN(c2cccc(N)c2)CC1. The summed E-state index contributed by atoms with van der Waals surface area (Å²) < 4.78 is 5.08. The third-order valence-electron chi connectivity index (χ3n) is 3.68. The Balaban J connectivity index is 1.73. The number of unbranched alkanes of at least 4 members (excludes halogenated alkanes) is 1. The van der Waals surface area contributed by atoms with Crippen LogP contribution in [-0.4, -0.2) is 51.3 Å². The molecule has 1 saturated heterocycles. The van der Waals surface area contributed by atoms with E-state index in [0.717, 1.165) is 44.9 Å². The van der Waals surface area contributed by atoms with Gasteiger partial charge in [-0.05, 0) is 37.6 Å². The smallest absolute Gasteiger partial charge is 0.0462 e. The molecule has 1 aromatic carbocycles. The number of anilines is 2. The number of hydrogen-bond donors (Lipinski definition) is 1. The van der Waals surface area contributed by atoms with Gasteiger partial charge in [-0.1, -0.05) is 6.07 Å². The lowest BCUT2D eigenvalue weighted by molar-refractivity contribution is 0.182. The van der Waals surface area contributed by atoms with Crippen molar-refractivity contribution in [1.29, 1.82) is 0 Å². The van der Waals surface area contributed by atoms with Gasteiger partial charge in [0, 0.05) is 51.3 Å². The van der Waals surface area contributed by atoms with Crippen LogP contribution in [0.1, 0.15) is 12.8 Å². The zero-order chi connectivity index (χ0) is 13.5. The number of ether oxygens (including phenoxy) is 1. The first-order valence-corrected chi connectivity index (χ1v) is 7.11. The molecule has 4 nitrogen and oxygen atoms in total. The van der Waals surface area contributed by atoms with Crippen LogP contribution in [0.5, 0.6) is 0 Å².